The maximum Gasteiger partial charge on any atom is 0.334 e. The van der Waals surface area contributed by atoms with Gasteiger partial charge >= 0.3 is 5.97 Å². The standard InChI is InChI=1S/C28H44O2/c1-10-12-13-14-15-23-19(3)24(26(29)30-11-2)25(23)20-16-21(27(4,5)6)18-22(17-20)28(7,8)9/h16-18,23,25H,10-15H2,1-9H3. The van der Waals surface area contributed by atoms with Gasteiger partial charge in [-0.15, -0.1) is 0 Å². The molecule has 0 aliphatic heterocycles. The first kappa shape index (κ1) is 24.7. The van der Waals surface area contributed by atoms with Crippen LogP contribution in [0.2, 0.25) is 0 Å². The molecule has 0 N–H and O–H groups in total. The smallest absolute Gasteiger partial charge is 0.334 e. The monoisotopic (exact) mass is 412 g/mol. The van der Waals surface area contributed by atoms with Crippen LogP contribution in [0.15, 0.2) is 29.3 Å². The van der Waals surface area contributed by atoms with Gasteiger partial charge in [0.05, 0.1) is 6.61 Å². The normalized spacial score (nSPS) is 19.6. The van der Waals surface area contributed by atoms with E-state index >= 15 is 0 Å². The summed E-state index contributed by atoms with van der Waals surface area (Å²) in [6.07, 6.45) is 6.20. The lowest BCUT2D eigenvalue weighted by atomic mass is 9.62. The maximum absolute atomic E-state index is 12.8. The number of carbonyl (C=O) groups is 1. The first-order valence-electron chi connectivity index (χ1n) is 12.0. The number of hydrogen-bond donors (Lipinski definition) is 0. The topological polar surface area (TPSA) is 26.3 Å². The van der Waals surface area contributed by atoms with Crippen LogP contribution in [0.1, 0.15) is 117 Å². The molecule has 2 rings (SSSR count). The molecule has 2 atom stereocenters. The van der Waals surface area contributed by atoms with Gasteiger partial charge in [0.1, 0.15) is 0 Å². The average molecular weight is 413 g/mol. The zero-order valence-corrected chi connectivity index (χ0v) is 20.9. The van der Waals surface area contributed by atoms with Crippen LogP contribution in [0.5, 0.6) is 0 Å². The molecule has 1 aromatic carbocycles. The van der Waals surface area contributed by atoms with E-state index < -0.39 is 0 Å². The fraction of sp³-hybridized carbons (Fsp3) is 0.679. The van der Waals surface area contributed by atoms with Crippen molar-refractivity contribution in [2.24, 2.45) is 5.92 Å². The largest absolute Gasteiger partial charge is 0.463 e. The van der Waals surface area contributed by atoms with E-state index in [1.807, 2.05) is 6.92 Å². The van der Waals surface area contributed by atoms with E-state index in [-0.39, 0.29) is 22.7 Å². The lowest BCUT2D eigenvalue weighted by molar-refractivity contribution is -0.139. The molecule has 168 valence electrons. The van der Waals surface area contributed by atoms with Crippen molar-refractivity contribution in [2.45, 2.75) is 111 Å². The molecule has 30 heavy (non-hydrogen) atoms. The van der Waals surface area contributed by atoms with Crippen molar-refractivity contribution < 1.29 is 9.53 Å². The number of esters is 1. The molecule has 2 unspecified atom stereocenters. The third kappa shape index (κ3) is 5.56. The summed E-state index contributed by atoms with van der Waals surface area (Å²) < 4.78 is 5.46. The van der Waals surface area contributed by atoms with Crippen molar-refractivity contribution >= 4 is 5.97 Å². The third-order valence-corrected chi connectivity index (χ3v) is 6.60. The second kappa shape index (κ2) is 9.71. The summed E-state index contributed by atoms with van der Waals surface area (Å²) in [5, 5.41) is 0. The third-order valence-electron chi connectivity index (χ3n) is 6.60. The van der Waals surface area contributed by atoms with Gasteiger partial charge in [-0.25, -0.2) is 4.79 Å². The molecule has 0 amide bonds. The Hall–Kier alpha value is -1.57. The number of hydrogen-bond acceptors (Lipinski definition) is 2. The molecule has 1 aliphatic carbocycles. The average Bonchev–Trinajstić information content (AvgIpc) is 2.64. The fourth-order valence-corrected chi connectivity index (χ4v) is 4.57. The summed E-state index contributed by atoms with van der Waals surface area (Å²) in [4.78, 5) is 12.8. The minimum absolute atomic E-state index is 0.0687. The van der Waals surface area contributed by atoms with Crippen LogP contribution in [-0.4, -0.2) is 12.6 Å². The summed E-state index contributed by atoms with van der Waals surface area (Å²) in [6.45, 7) is 20.4. The van der Waals surface area contributed by atoms with Crippen LogP contribution in [0.3, 0.4) is 0 Å². The Kier molecular flexibility index (Phi) is 7.99. The highest BCUT2D eigenvalue weighted by atomic mass is 16.5. The molecule has 0 bridgehead atoms. The summed E-state index contributed by atoms with van der Waals surface area (Å²) in [7, 11) is 0. The lowest BCUT2D eigenvalue weighted by Gasteiger charge is -2.41. The molecule has 0 radical (unpaired) electrons. The number of unbranched alkanes of at least 4 members (excludes halogenated alkanes) is 3. The van der Waals surface area contributed by atoms with E-state index in [0.29, 0.717) is 12.5 Å². The molecule has 0 spiro atoms. The Labute approximate surface area is 185 Å². The van der Waals surface area contributed by atoms with E-state index in [1.54, 1.807) is 0 Å². The first-order valence-corrected chi connectivity index (χ1v) is 12.0. The van der Waals surface area contributed by atoms with E-state index in [2.05, 4.69) is 73.6 Å². The molecule has 2 heteroatoms. The Bertz CT molecular complexity index is 739. The molecular formula is C28H44O2. The highest BCUT2D eigenvalue weighted by Gasteiger charge is 2.43. The zero-order chi connectivity index (χ0) is 22.7. The van der Waals surface area contributed by atoms with Crippen LogP contribution in [-0.2, 0) is 20.4 Å². The zero-order valence-electron chi connectivity index (χ0n) is 20.9. The summed E-state index contributed by atoms with van der Waals surface area (Å²) in [5.74, 6) is 0.488. The van der Waals surface area contributed by atoms with Crippen molar-refractivity contribution in [3.8, 4) is 0 Å². The summed E-state index contributed by atoms with van der Waals surface area (Å²) >= 11 is 0. The number of ether oxygens (including phenoxy) is 1. The van der Waals surface area contributed by atoms with Gasteiger partial charge in [0.2, 0.25) is 0 Å². The van der Waals surface area contributed by atoms with Crippen LogP contribution in [0, 0.1) is 5.92 Å². The van der Waals surface area contributed by atoms with E-state index in [0.717, 1.165) is 12.0 Å². The van der Waals surface area contributed by atoms with Crippen molar-refractivity contribution in [1.82, 2.24) is 0 Å². The molecule has 2 nitrogen and oxygen atoms in total. The molecule has 1 aliphatic rings. The quantitative estimate of drug-likeness (QED) is 0.321. The highest BCUT2D eigenvalue weighted by Crippen LogP contribution is 2.51. The molecular weight excluding hydrogens is 368 g/mol. The second-order valence-electron chi connectivity index (χ2n) is 11.1. The maximum atomic E-state index is 12.8. The van der Waals surface area contributed by atoms with Crippen molar-refractivity contribution in [3.63, 3.8) is 0 Å². The minimum Gasteiger partial charge on any atom is -0.463 e. The lowest BCUT2D eigenvalue weighted by Crippen LogP contribution is -2.34. The first-order chi connectivity index (χ1) is 13.9. The van der Waals surface area contributed by atoms with Crippen LogP contribution in [0.4, 0.5) is 0 Å². The van der Waals surface area contributed by atoms with E-state index in [1.165, 1.54) is 47.9 Å². The Morgan fingerprint density at radius 2 is 1.47 bits per heavy atom. The van der Waals surface area contributed by atoms with Gasteiger partial charge in [-0.1, -0.05) is 97.9 Å². The molecule has 1 aromatic rings. The predicted octanol–water partition coefficient (Wildman–Crippen LogP) is 7.85. The fourth-order valence-electron chi connectivity index (χ4n) is 4.57. The van der Waals surface area contributed by atoms with Gasteiger partial charge in [-0.2, -0.15) is 0 Å². The van der Waals surface area contributed by atoms with Gasteiger partial charge < -0.3 is 4.74 Å². The molecule has 0 saturated carbocycles. The summed E-state index contributed by atoms with van der Waals surface area (Å²) in [6, 6.07) is 7.06. The van der Waals surface area contributed by atoms with Gasteiger partial charge in [0.15, 0.2) is 0 Å². The minimum atomic E-state index is -0.122. The Morgan fingerprint density at radius 3 is 1.93 bits per heavy atom. The van der Waals surface area contributed by atoms with Crippen LogP contribution >= 0.6 is 0 Å². The van der Waals surface area contributed by atoms with Gasteiger partial charge in [-0.3, -0.25) is 0 Å². The molecule has 0 saturated heterocycles. The van der Waals surface area contributed by atoms with Gasteiger partial charge in [0, 0.05) is 11.5 Å². The summed E-state index contributed by atoms with van der Waals surface area (Å²) in [5.41, 5.74) is 6.28. The highest BCUT2D eigenvalue weighted by molar-refractivity contribution is 5.93. The number of carbonyl (C=O) groups excluding carboxylic acids is 1. The number of benzene rings is 1. The van der Waals surface area contributed by atoms with Crippen molar-refractivity contribution in [2.75, 3.05) is 6.61 Å². The van der Waals surface area contributed by atoms with Crippen molar-refractivity contribution in [3.05, 3.63) is 46.0 Å². The van der Waals surface area contributed by atoms with Gasteiger partial charge in [0.25, 0.3) is 0 Å². The van der Waals surface area contributed by atoms with Crippen LogP contribution in [0.25, 0.3) is 0 Å². The molecule has 0 heterocycles. The second-order valence-corrected chi connectivity index (χ2v) is 11.1. The van der Waals surface area contributed by atoms with E-state index in [9.17, 15) is 4.79 Å². The molecule has 0 fully saturated rings. The Morgan fingerprint density at radius 1 is 0.900 bits per heavy atom. The number of rotatable bonds is 8. The molecule has 0 aromatic heterocycles. The van der Waals surface area contributed by atoms with Gasteiger partial charge in [-0.05, 0) is 53.7 Å². The predicted molar refractivity (Wildman–Crippen MR) is 128 cm³/mol. The SMILES string of the molecule is CCCCCCC1C(C)=C(C(=O)OCC)C1c1cc(C(C)(C)C)cc(C(C)(C)C)c1. The number of allylic oxidation sites excluding steroid dienone is 1. The Balaban J connectivity index is 2.51. The van der Waals surface area contributed by atoms with Crippen LogP contribution < -0.4 is 0 Å². The van der Waals surface area contributed by atoms with Crippen molar-refractivity contribution in [1.29, 1.82) is 0 Å². The van der Waals surface area contributed by atoms with E-state index in [4.69, 9.17) is 4.74 Å².